The highest BCUT2D eigenvalue weighted by Crippen LogP contribution is 2.36. The standard InChI is InChI=1S/C34H53N3O4/c1-25(2)17-18-35-23-29(22-26-12-6-4-7-13-26)36-30-31(33(39)32(30)38)37-19-10-16-28(24-37)34(41-21-11-20-40-3)27-14-8-5-9-15-27/h5,8-9,14-15,25-26,28-29,34-36H,4,6-7,10-13,16-24H2,1-3H3/t28-,29+,34+/m1/s1. The van der Waals surface area contributed by atoms with Crippen molar-refractivity contribution in [2.24, 2.45) is 17.8 Å². The van der Waals surface area contributed by atoms with Gasteiger partial charge in [-0.25, -0.2) is 0 Å². The van der Waals surface area contributed by atoms with E-state index in [1.807, 2.05) is 6.07 Å². The largest absolute Gasteiger partial charge is 0.385 e. The van der Waals surface area contributed by atoms with Crippen LogP contribution in [-0.2, 0) is 9.47 Å². The molecule has 0 radical (unpaired) electrons. The molecule has 7 nitrogen and oxygen atoms in total. The molecule has 1 saturated carbocycles. The first-order valence-corrected chi connectivity index (χ1v) is 16.2. The van der Waals surface area contributed by atoms with Gasteiger partial charge in [0, 0.05) is 51.9 Å². The Balaban J connectivity index is 1.47. The highest BCUT2D eigenvalue weighted by Gasteiger charge is 2.34. The molecule has 2 aliphatic rings. The molecule has 0 amide bonds. The molecule has 0 aromatic heterocycles. The highest BCUT2D eigenvalue weighted by atomic mass is 16.5. The minimum Gasteiger partial charge on any atom is -0.385 e. The van der Waals surface area contributed by atoms with Crippen LogP contribution in [0.15, 0.2) is 39.9 Å². The summed E-state index contributed by atoms with van der Waals surface area (Å²) in [5, 5.41) is 7.23. The van der Waals surface area contributed by atoms with E-state index in [-0.39, 0.29) is 28.9 Å². The van der Waals surface area contributed by atoms with Crippen LogP contribution in [0.5, 0.6) is 0 Å². The molecule has 4 rings (SSSR count). The minimum absolute atomic E-state index is 0.0528. The molecule has 2 aromatic rings. The van der Waals surface area contributed by atoms with Crippen molar-refractivity contribution < 1.29 is 9.47 Å². The Morgan fingerprint density at radius 2 is 1.76 bits per heavy atom. The van der Waals surface area contributed by atoms with Gasteiger partial charge in [0.25, 0.3) is 10.9 Å². The summed E-state index contributed by atoms with van der Waals surface area (Å²) in [6.07, 6.45) is 11.4. The van der Waals surface area contributed by atoms with Crippen LogP contribution in [-0.4, -0.2) is 52.5 Å². The highest BCUT2D eigenvalue weighted by molar-refractivity contribution is 5.75. The number of hydrogen-bond acceptors (Lipinski definition) is 7. The summed E-state index contributed by atoms with van der Waals surface area (Å²) in [5.41, 5.74) is 1.62. The van der Waals surface area contributed by atoms with Gasteiger partial charge in [-0.2, -0.15) is 0 Å². The molecule has 0 unspecified atom stereocenters. The fraction of sp³-hybridized carbons (Fsp3) is 0.706. The van der Waals surface area contributed by atoms with E-state index in [1.54, 1.807) is 7.11 Å². The molecule has 41 heavy (non-hydrogen) atoms. The lowest BCUT2D eigenvalue weighted by Crippen LogP contribution is -2.49. The van der Waals surface area contributed by atoms with Gasteiger partial charge in [0.15, 0.2) is 0 Å². The van der Waals surface area contributed by atoms with E-state index in [0.717, 1.165) is 51.7 Å². The third-order valence-corrected chi connectivity index (χ3v) is 8.99. The zero-order chi connectivity index (χ0) is 29.0. The molecule has 1 aliphatic carbocycles. The summed E-state index contributed by atoms with van der Waals surface area (Å²) < 4.78 is 11.7. The number of piperidine rings is 1. The van der Waals surface area contributed by atoms with Crippen LogP contribution < -0.4 is 26.4 Å². The number of nitrogens with one attached hydrogen (secondary N) is 2. The first kappa shape index (κ1) is 31.7. The molecule has 2 fully saturated rings. The van der Waals surface area contributed by atoms with Crippen LogP contribution in [0.1, 0.15) is 89.7 Å². The van der Waals surface area contributed by atoms with Crippen molar-refractivity contribution >= 4 is 11.4 Å². The van der Waals surface area contributed by atoms with E-state index in [1.165, 1.54) is 37.7 Å². The summed E-state index contributed by atoms with van der Waals surface area (Å²) in [6, 6.07) is 10.6. The third-order valence-electron chi connectivity index (χ3n) is 8.99. The van der Waals surface area contributed by atoms with E-state index < -0.39 is 0 Å². The molecule has 2 N–H and O–H groups in total. The second kappa shape index (κ2) is 16.4. The lowest BCUT2D eigenvalue weighted by Gasteiger charge is -2.39. The Kier molecular flexibility index (Phi) is 12.7. The topological polar surface area (TPSA) is 79.9 Å². The Labute approximate surface area is 247 Å². The number of anilines is 2. The summed E-state index contributed by atoms with van der Waals surface area (Å²) in [4.78, 5) is 28.1. The maximum atomic E-state index is 13.0. The summed E-state index contributed by atoms with van der Waals surface area (Å²) in [6.45, 7) is 9.08. The van der Waals surface area contributed by atoms with E-state index in [0.29, 0.717) is 43.0 Å². The number of methoxy groups -OCH3 is 1. The van der Waals surface area contributed by atoms with Crippen LogP contribution in [0.3, 0.4) is 0 Å². The van der Waals surface area contributed by atoms with Gasteiger partial charge in [-0.05, 0) is 56.0 Å². The fourth-order valence-electron chi connectivity index (χ4n) is 6.73. The van der Waals surface area contributed by atoms with Gasteiger partial charge in [0.1, 0.15) is 11.4 Å². The van der Waals surface area contributed by atoms with Gasteiger partial charge in [0.05, 0.1) is 6.10 Å². The lowest BCUT2D eigenvalue weighted by atomic mass is 9.84. The van der Waals surface area contributed by atoms with E-state index in [9.17, 15) is 9.59 Å². The summed E-state index contributed by atoms with van der Waals surface area (Å²) >= 11 is 0. The Morgan fingerprint density at radius 3 is 2.49 bits per heavy atom. The number of ether oxygens (including phenoxy) is 2. The van der Waals surface area contributed by atoms with E-state index in [2.05, 4.69) is 53.6 Å². The minimum atomic E-state index is -0.353. The van der Waals surface area contributed by atoms with Gasteiger partial charge in [-0.15, -0.1) is 0 Å². The quantitative estimate of drug-likeness (QED) is 0.188. The molecule has 1 heterocycles. The van der Waals surface area contributed by atoms with Crippen molar-refractivity contribution in [3.63, 3.8) is 0 Å². The molecule has 0 spiro atoms. The molecule has 2 aromatic carbocycles. The van der Waals surface area contributed by atoms with Gasteiger partial charge < -0.3 is 25.0 Å². The van der Waals surface area contributed by atoms with Crippen LogP contribution in [0.25, 0.3) is 0 Å². The number of nitrogens with zero attached hydrogens (tertiary/aromatic N) is 1. The zero-order valence-corrected chi connectivity index (χ0v) is 25.7. The van der Waals surface area contributed by atoms with E-state index in [4.69, 9.17) is 9.47 Å². The first-order valence-electron chi connectivity index (χ1n) is 16.2. The van der Waals surface area contributed by atoms with Gasteiger partial charge in [0.2, 0.25) is 0 Å². The molecule has 228 valence electrons. The summed E-state index contributed by atoms with van der Waals surface area (Å²) in [5.74, 6) is 1.58. The Hall–Kier alpha value is -2.22. The predicted molar refractivity (Wildman–Crippen MR) is 169 cm³/mol. The molecule has 7 heteroatoms. The SMILES string of the molecule is COCCCO[C@@H](c1ccccc1)[C@@H]1CCCN(c2c(N[C@H](CNCCC(C)C)CC3CCCCC3)c(=O)c2=O)C1. The zero-order valence-electron chi connectivity index (χ0n) is 25.7. The molecular formula is C34H53N3O4. The fourth-order valence-corrected chi connectivity index (χ4v) is 6.73. The predicted octanol–water partition coefficient (Wildman–Crippen LogP) is 5.68. The van der Waals surface area contributed by atoms with Crippen LogP contribution in [0.4, 0.5) is 11.4 Å². The molecular weight excluding hydrogens is 514 g/mol. The molecule has 3 atom stereocenters. The molecule has 1 saturated heterocycles. The van der Waals surface area contributed by atoms with Crippen molar-refractivity contribution in [1.29, 1.82) is 0 Å². The third kappa shape index (κ3) is 9.13. The van der Waals surface area contributed by atoms with Crippen molar-refractivity contribution in [3.05, 3.63) is 56.3 Å². The smallest absolute Gasteiger partial charge is 0.253 e. The monoisotopic (exact) mass is 567 g/mol. The van der Waals surface area contributed by atoms with Crippen molar-refractivity contribution in [3.8, 4) is 0 Å². The lowest BCUT2D eigenvalue weighted by molar-refractivity contribution is -0.00235. The average Bonchev–Trinajstić information content (AvgIpc) is 2.99. The average molecular weight is 568 g/mol. The van der Waals surface area contributed by atoms with E-state index >= 15 is 0 Å². The van der Waals surface area contributed by atoms with Gasteiger partial charge >= 0.3 is 0 Å². The summed E-state index contributed by atoms with van der Waals surface area (Å²) in [7, 11) is 1.71. The molecule has 1 aliphatic heterocycles. The van der Waals surface area contributed by atoms with Crippen LogP contribution in [0, 0.1) is 17.8 Å². The number of rotatable bonds is 17. The van der Waals surface area contributed by atoms with Crippen LogP contribution in [0.2, 0.25) is 0 Å². The van der Waals surface area contributed by atoms with Crippen molar-refractivity contribution in [1.82, 2.24) is 5.32 Å². The Bertz CT molecular complexity index is 1090. The normalized spacial score (nSPS) is 20.0. The van der Waals surface area contributed by atoms with Crippen molar-refractivity contribution in [2.75, 3.05) is 56.7 Å². The maximum absolute atomic E-state index is 13.0. The Morgan fingerprint density at radius 1 is 0.976 bits per heavy atom. The number of hydrogen-bond donors (Lipinski definition) is 2. The van der Waals surface area contributed by atoms with Gasteiger partial charge in [-0.3, -0.25) is 9.59 Å². The number of benzene rings is 1. The second-order valence-electron chi connectivity index (χ2n) is 12.7. The second-order valence-corrected chi connectivity index (χ2v) is 12.7. The molecule has 0 bridgehead atoms. The van der Waals surface area contributed by atoms with Gasteiger partial charge in [-0.1, -0.05) is 76.3 Å². The van der Waals surface area contributed by atoms with Crippen LogP contribution >= 0.6 is 0 Å². The first-order chi connectivity index (χ1) is 20.0. The van der Waals surface area contributed by atoms with Crippen molar-refractivity contribution in [2.45, 2.75) is 90.2 Å². The maximum Gasteiger partial charge on any atom is 0.253 e.